The molecule has 0 heterocycles. The van der Waals surface area contributed by atoms with Gasteiger partial charge in [0.05, 0.1) is 18.3 Å². The van der Waals surface area contributed by atoms with Crippen LogP contribution in [0.4, 0.5) is 5.69 Å². The standard InChI is InChI=1S/C13H20N2O6/c14-13(21)7-3-1-2-4-8(7)15-5-9(17)11(19)12(20)10(18)6-16/h1-4,9-12,15-20H,5-6H2,(H2,14,21). The number of amides is 1. The van der Waals surface area contributed by atoms with Crippen LogP contribution in [0.5, 0.6) is 0 Å². The topological polar surface area (TPSA) is 156 Å². The first-order chi connectivity index (χ1) is 9.88. The molecule has 4 atom stereocenters. The predicted octanol–water partition coefficient (Wildman–Crippen LogP) is -2.37. The van der Waals surface area contributed by atoms with Crippen LogP contribution in [0.15, 0.2) is 24.3 Å². The van der Waals surface area contributed by atoms with Crippen LogP contribution >= 0.6 is 0 Å². The second kappa shape index (κ2) is 7.91. The van der Waals surface area contributed by atoms with Gasteiger partial charge in [-0.3, -0.25) is 4.79 Å². The Morgan fingerprint density at radius 2 is 1.67 bits per heavy atom. The van der Waals surface area contributed by atoms with Crippen molar-refractivity contribution in [3.8, 4) is 0 Å². The smallest absolute Gasteiger partial charge is 0.250 e. The number of hydrogen-bond acceptors (Lipinski definition) is 7. The summed E-state index contributed by atoms with van der Waals surface area (Å²) in [6.07, 6.45) is -6.35. The highest BCUT2D eigenvalue weighted by Gasteiger charge is 2.29. The van der Waals surface area contributed by atoms with Crippen LogP contribution in [0.25, 0.3) is 0 Å². The normalized spacial score (nSPS) is 16.8. The molecule has 0 aliphatic carbocycles. The maximum atomic E-state index is 11.2. The van der Waals surface area contributed by atoms with Crippen LogP contribution in [0.2, 0.25) is 0 Å². The fourth-order valence-corrected chi connectivity index (χ4v) is 1.75. The van der Waals surface area contributed by atoms with Crippen LogP contribution in [0, 0.1) is 0 Å². The fraction of sp³-hybridized carbons (Fsp3) is 0.462. The summed E-state index contributed by atoms with van der Waals surface area (Å²) in [5, 5.41) is 49.4. The van der Waals surface area contributed by atoms with E-state index in [-0.39, 0.29) is 12.1 Å². The summed E-state index contributed by atoms with van der Waals surface area (Å²) < 4.78 is 0. The average Bonchev–Trinajstić information content (AvgIpc) is 2.50. The minimum Gasteiger partial charge on any atom is -0.394 e. The first-order valence-electron chi connectivity index (χ1n) is 6.34. The van der Waals surface area contributed by atoms with Crippen LogP contribution in [-0.4, -0.2) is 69.0 Å². The number of primary amides is 1. The van der Waals surface area contributed by atoms with Crippen molar-refractivity contribution in [2.75, 3.05) is 18.5 Å². The quantitative estimate of drug-likeness (QED) is 0.283. The molecule has 1 amide bonds. The Morgan fingerprint density at radius 3 is 2.24 bits per heavy atom. The van der Waals surface area contributed by atoms with Gasteiger partial charge in [0.2, 0.25) is 0 Å². The van der Waals surface area contributed by atoms with Gasteiger partial charge in [-0.1, -0.05) is 12.1 Å². The second-order valence-electron chi connectivity index (χ2n) is 4.59. The van der Waals surface area contributed by atoms with E-state index in [0.717, 1.165) is 0 Å². The van der Waals surface area contributed by atoms with E-state index in [9.17, 15) is 25.2 Å². The highest BCUT2D eigenvalue weighted by atomic mass is 16.4. The molecule has 1 aromatic carbocycles. The highest BCUT2D eigenvalue weighted by molar-refractivity contribution is 5.98. The Hall–Kier alpha value is -1.71. The van der Waals surface area contributed by atoms with E-state index in [1.807, 2.05) is 0 Å². The fourth-order valence-electron chi connectivity index (χ4n) is 1.75. The van der Waals surface area contributed by atoms with E-state index >= 15 is 0 Å². The second-order valence-corrected chi connectivity index (χ2v) is 4.59. The summed E-state index contributed by atoms with van der Waals surface area (Å²) in [6, 6.07) is 6.34. The summed E-state index contributed by atoms with van der Waals surface area (Å²) in [5.74, 6) is -0.649. The third kappa shape index (κ3) is 4.66. The molecule has 0 spiro atoms. The molecule has 0 saturated heterocycles. The van der Waals surface area contributed by atoms with E-state index in [2.05, 4.69) is 5.32 Å². The monoisotopic (exact) mass is 300 g/mol. The van der Waals surface area contributed by atoms with Crippen molar-refractivity contribution in [2.45, 2.75) is 24.4 Å². The summed E-state index contributed by atoms with van der Waals surface area (Å²) in [7, 11) is 0. The Bertz CT molecular complexity index is 470. The van der Waals surface area contributed by atoms with Gasteiger partial charge in [-0.05, 0) is 12.1 Å². The zero-order valence-electron chi connectivity index (χ0n) is 11.3. The average molecular weight is 300 g/mol. The van der Waals surface area contributed by atoms with Gasteiger partial charge in [0, 0.05) is 12.2 Å². The molecule has 0 radical (unpaired) electrons. The molecule has 0 fully saturated rings. The molecular weight excluding hydrogens is 280 g/mol. The van der Waals surface area contributed by atoms with Crippen LogP contribution in [-0.2, 0) is 0 Å². The molecule has 0 aromatic heterocycles. The minimum absolute atomic E-state index is 0.194. The number of hydrogen-bond donors (Lipinski definition) is 7. The molecular formula is C13H20N2O6. The molecule has 21 heavy (non-hydrogen) atoms. The summed E-state index contributed by atoms with van der Waals surface area (Å²) in [4.78, 5) is 11.2. The molecule has 8 heteroatoms. The van der Waals surface area contributed by atoms with Crippen LogP contribution in [0.3, 0.4) is 0 Å². The number of aliphatic hydroxyl groups excluding tert-OH is 5. The maximum absolute atomic E-state index is 11.2. The van der Waals surface area contributed by atoms with E-state index in [4.69, 9.17) is 10.8 Å². The van der Waals surface area contributed by atoms with Crippen molar-refractivity contribution >= 4 is 11.6 Å². The van der Waals surface area contributed by atoms with Crippen LogP contribution < -0.4 is 11.1 Å². The van der Waals surface area contributed by atoms with Gasteiger partial charge >= 0.3 is 0 Å². The van der Waals surface area contributed by atoms with Gasteiger partial charge in [-0.2, -0.15) is 0 Å². The number of carbonyl (C=O) groups excluding carboxylic acids is 1. The molecule has 0 bridgehead atoms. The zero-order chi connectivity index (χ0) is 16.0. The molecule has 0 aliphatic heterocycles. The lowest BCUT2D eigenvalue weighted by molar-refractivity contribution is -0.111. The van der Waals surface area contributed by atoms with E-state index in [1.54, 1.807) is 18.2 Å². The first-order valence-corrected chi connectivity index (χ1v) is 6.34. The number of rotatable bonds is 8. The van der Waals surface area contributed by atoms with Crippen molar-refractivity contribution in [1.29, 1.82) is 0 Å². The highest BCUT2D eigenvalue weighted by Crippen LogP contribution is 2.15. The van der Waals surface area contributed by atoms with Gasteiger partial charge in [0.1, 0.15) is 18.3 Å². The number of carbonyl (C=O) groups is 1. The van der Waals surface area contributed by atoms with Gasteiger partial charge in [0.25, 0.3) is 5.91 Å². The molecule has 4 unspecified atom stereocenters. The molecule has 0 aliphatic rings. The summed E-state index contributed by atoms with van der Waals surface area (Å²) in [5.41, 5.74) is 5.78. The van der Waals surface area contributed by atoms with Crippen molar-refractivity contribution in [3.05, 3.63) is 29.8 Å². The molecule has 8 nitrogen and oxygen atoms in total. The molecule has 1 rings (SSSR count). The zero-order valence-corrected chi connectivity index (χ0v) is 11.3. The lowest BCUT2D eigenvalue weighted by Crippen LogP contribution is -2.48. The summed E-state index contributed by atoms with van der Waals surface area (Å²) in [6.45, 7) is -0.941. The van der Waals surface area contributed by atoms with Crippen LogP contribution in [0.1, 0.15) is 10.4 Å². The Balaban J connectivity index is 2.65. The summed E-state index contributed by atoms with van der Waals surface area (Å²) >= 11 is 0. The Kier molecular flexibility index (Phi) is 6.53. The van der Waals surface area contributed by atoms with Crippen molar-refractivity contribution in [2.24, 2.45) is 5.73 Å². The molecule has 8 N–H and O–H groups in total. The number of aliphatic hydroxyl groups is 5. The van der Waals surface area contributed by atoms with Gasteiger partial charge in [-0.15, -0.1) is 0 Å². The first kappa shape index (κ1) is 17.3. The lowest BCUT2D eigenvalue weighted by atomic mass is 10.0. The van der Waals surface area contributed by atoms with Crippen molar-refractivity contribution in [1.82, 2.24) is 0 Å². The number of para-hydroxylation sites is 1. The number of anilines is 1. The number of benzene rings is 1. The Morgan fingerprint density at radius 1 is 1.10 bits per heavy atom. The van der Waals surface area contributed by atoms with E-state index in [1.165, 1.54) is 6.07 Å². The van der Waals surface area contributed by atoms with Crippen molar-refractivity contribution < 1.29 is 30.3 Å². The maximum Gasteiger partial charge on any atom is 0.250 e. The van der Waals surface area contributed by atoms with Crippen molar-refractivity contribution in [3.63, 3.8) is 0 Å². The van der Waals surface area contributed by atoms with E-state index < -0.39 is 36.9 Å². The largest absolute Gasteiger partial charge is 0.394 e. The predicted molar refractivity (Wildman–Crippen MR) is 74.6 cm³/mol. The van der Waals surface area contributed by atoms with Gasteiger partial charge in [-0.25, -0.2) is 0 Å². The molecule has 118 valence electrons. The Labute approximate surface area is 121 Å². The number of nitrogens with one attached hydrogen (secondary N) is 1. The third-order valence-electron chi connectivity index (χ3n) is 3.02. The molecule has 1 aromatic rings. The minimum atomic E-state index is -1.70. The lowest BCUT2D eigenvalue weighted by Gasteiger charge is -2.26. The third-order valence-corrected chi connectivity index (χ3v) is 3.02. The van der Waals surface area contributed by atoms with Gasteiger partial charge in [0.15, 0.2) is 0 Å². The van der Waals surface area contributed by atoms with E-state index in [0.29, 0.717) is 5.69 Å². The number of nitrogens with two attached hydrogens (primary N) is 1. The van der Waals surface area contributed by atoms with Gasteiger partial charge < -0.3 is 36.6 Å². The molecule has 0 saturated carbocycles. The SMILES string of the molecule is NC(=O)c1ccccc1NCC(O)C(O)C(O)C(O)CO.